The van der Waals surface area contributed by atoms with Gasteiger partial charge in [-0.1, -0.05) is 29.5 Å². The SMILES string of the molecule is CCN(CC)C(=O)C1=C(C)N=c2s/c(=C/c3ccc(Br)s3)c(=O)n2[C@@H]1c1ccccc1OC. The van der Waals surface area contributed by atoms with Crippen LogP contribution in [-0.4, -0.2) is 35.6 Å². The van der Waals surface area contributed by atoms with E-state index in [1.54, 1.807) is 27.9 Å². The van der Waals surface area contributed by atoms with Crippen LogP contribution < -0.4 is 19.6 Å². The van der Waals surface area contributed by atoms with Crippen molar-refractivity contribution >= 4 is 50.6 Å². The van der Waals surface area contributed by atoms with E-state index in [9.17, 15) is 9.59 Å². The summed E-state index contributed by atoms with van der Waals surface area (Å²) in [5.41, 5.74) is 1.71. The van der Waals surface area contributed by atoms with Crippen molar-refractivity contribution in [2.45, 2.75) is 26.8 Å². The predicted octanol–water partition coefficient (Wildman–Crippen LogP) is 3.94. The zero-order valence-electron chi connectivity index (χ0n) is 18.8. The summed E-state index contributed by atoms with van der Waals surface area (Å²) in [4.78, 5) is 35.3. The van der Waals surface area contributed by atoms with Gasteiger partial charge >= 0.3 is 0 Å². The fourth-order valence-corrected chi connectivity index (χ4v) is 6.48. The zero-order valence-corrected chi connectivity index (χ0v) is 22.0. The molecule has 0 saturated carbocycles. The van der Waals surface area contributed by atoms with Crippen LogP contribution in [0.4, 0.5) is 0 Å². The van der Waals surface area contributed by atoms with E-state index in [4.69, 9.17) is 9.73 Å². The minimum Gasteiger partial charge on any atom is -0.496 e. The molecule has 0 bridgehead atoms. The quantitative estimate of drug-likeness (QED) is 0.471. The normalized spacial score (nSPS) is 15.9. The number of methoxy groups -OCH3 is 1. The van der Waals surface area contributed by atoms with Gasteiger partial charge in [-0.15, -0.1) is 11.3 Å². The second-order valence-corrected chi connectivity index (χ2v) is 10.9. The predicted molar refractivity (Wildman–Crippen MR) is 137 cm³/mol. The maximum Gasteiger partial charge on any atom is 0.271 e. The zero-order chi connectivity index (χ0) is 23.7. The molecule has 0 radical (unpaired) electrons. The average Bonchev–Trinajstić information content (AvgIpc) is 3.35. The number of allylic oxidation sites excluding steroid dienone is 1. The van der Waals surface area contributed by atoms with Gasteiger partial charge in [-0.2, -0.15) is 0 Å². The van der Waals surface area contributed by atoms with Crippen molar-refractivity contribution in [3.8, 4) is 5.75 Å². The van der Waals surface area contributed by atoms with Gasteiger partial charge in [0.25, 0.3) is 11.5 Å². The lowest BCUT2D eigenvalue weighted by Crippen LogP contribution is -2.43. The Morgan fingerprint density at radius 2 is 1.94 bits per heavy atom. The number of thiophene rings is 1. The van der Waals surface area contributed by atoms with Crippen LogP contribution in [0.5, 0.6) is 5.75 Å². The average molecular weight is 547 g/mol. The first-order valence-electron chi connectivity index (χ1n) is 10.6. The number of amides is 1. The van der Waals surface area contributed by atoms with Crippen molar-refractivity contribution in [1.29, 1.82) is 0 Å². The van der Waals surface area contributed by atoms with E-state index in [1.165, 1.54) is 11.3 Å². The van der Waals surface area contributed by atoms with Crippen LogP contribution in [0.1, 0.15) is 37.3 Å². The van der Waals surface area contributed by atoms with Crippen molar-refractivity contribution in [3.63, 3.8) is 0 Å². The fourth-order valence-electron chi connectivity index (χ4n) is 4.00. The highest BCUT2D eigenvalue weighted by atomic mass is 79.9. The molecule has 3 aromatic rings. The maximum absolute atomic E-state index is 13.7. The Labute approximate surface area is 208 Å². The number of carbonyl (C=O) groups excluding carboxylic acids is 1. The minimum absolute atomic E-state index is 0.117. The number of thiazole rings is 1. The van der Waals surface area contributed by atoms with E-state index in [0.717, 1.165) is 14.2 Å². The molecule has 1 aliphatic rings. The first-order chi connectivity index (χ1) is 15.9. The number of carbonyl (C=O) groups is 1. The van der Waals surface area contributed by atoms with Crippen LogP contribution in [0.15, 0.2) is 61.2 Å². The number of likely N-dealkylation sites (N-methyl/N-ethyl adjacent to an activating group) is 1. The summed E-state index contributed by atoms with van der Waals surface area (Å²) in [5, 5.41) is 0. The monoisotopic (exact) mass is 545 g/mol. The summed E-state index contributed by atoms with van der Waals surface area (Å²) in [6.45, 7) is 6.88. The highest BCUT2D eigenvalue weighted by Gasteiger charge is 2.35. The van der Waals surface area contributed by atoms with Crippen molar-refractivity contribution in [1.82, 2.24) is 9.47 Å². The van der Waals surface area contributed by atoms with E-state index >= 15 is 0 Å². The lowest BCUT2D eigenvalue weighted by atomic mass is 9.94. The summed E-state index contributed by atoms with van der Waals surface area (Å²) in [6.07, 6.45) is 1.88. The van der Waals surface area contributed by atoms with Crippen LogP contribution in [0.25, 0.3) is 6.08 Å². The molecule has 1 amide bonds. The summed E-state index contributed by atoms with van der Waals surface area (Å²) in [5.74, 6) is 0.507. The first-order valence-corrected chi connectivity index (χ1v) is 13.0. The molecular weight excluding hydrogens is 522 g/mol. The van der Waals surface area contributed by atoms with Crippen molar-refractivity contribution in [2.24, 2.45) is 4.99 Å². The molecule has 0 fully saturated rings. The summed E-state index contributed by atoms with van der Waals surface area (Å²) >= 11 is 6.36. The summed E-state index contributed by atoms with van der Waals surface area (Å²) in [7, 11) is 1.60. The molecule has 0 unspecified atom stereocenters. The molecule has 0 spiro atoms. The number of hydrogen-bond donors (Lipinski definition) is 0. The van der Waals surface area contributed by atoms with Gasteiger partial charge < -0.3 is 9.64 Å². The number of benzene rings is 1. The molecule has 1 atom stereocenters. The Morgan fingerprint density at radius 3 is 2.58 bits per heavy atom. The van der Waals surface area contributed by atoms with Crippen molar-refractivity contribution < 1.29 is 9.53 Å². The number of hydrogen-bond acceptors (Lipinski definition) is 6. The second kappa shape index (κ2) is 9.79. The molecule has 172 valence electrons. The molecule has 1 aliphatic heterocycles. The largest absolute Gasteiger partial charge is 0.496 e. The van der Waals surface area contributed by atoms with Crippen LogP contribution in [0.3, 0.4) is 0 Å². The number of rotatable bonds is 6. The maximum atomic E-state index is 13.7. The molecular formula is C24H24BrN3O3S2. The molecule has 0 aliphatic carbocycles. The minimum atomic E-state index is -0.622. The van der Waals surface area contributed by atoms with Gasteiger partial charge in [0.05, 0.1) is 26.7 Å². The Kier molecular flexibility index (Phi) is 7.02. The van der Waals surface area contributed by atoms with Gasteiger partial charge in [0.2, 0.25) is 0 Å². The molecule has 6 nitrogen and oxygen atoms in total. The molecule has 33 heavy (non-hydrogen) atoms. The van der Waals surface area contributed by atoms with Crippen LogP contribution in [-0.2, 0) is 4.79 Å². The van der Waals surface area contributed by atoms with E-state index in [-0.39, 0.29) is 11.5 Å². The number of para-hydroxylation sites is 1. The fraction of sp³-hybridized carbons (Fsp3) is 0.292. The number of ether oxygens (including phenoxy) is 1. The standard InChI is InChI=1S/C24H24BrN3O3S2/c1-5-27(6-2)23(30)20-14(3)26-24-28(21(20)16-9-7-8-10-17(16)31-4)22(29)18(33-24)13-15-11-12-19(25)32-15/h7-13,21H,5-6H2,1-4H3/b18-13+/t21-/m1/s1. The third kappa shape index (κ3) is 4.37. The topological polar surface area (TPSA) is 63.9 Å². The number of fused-ring (bicyclic) bond motifs is 1. The molecule has 0 N–H and O–H groups in total. The number of nitrogens with zero attached hydrogens (tertiary/aromatic N) is 3. The molecule has 9 heteroatoms. The van der Waals surface area contributed by atoms with Gasteiger partial charge in [-0.05, 0) is 61.0 Å². The van der Waals surface area contributed by atoms with Crippen LogP contribution in [0, 0.1) is 0 Å². The third-order valence-electron chi connectivity index (χ3n) is 5.60. The first kappa shape index (κ1) is 23.7. The lowest BCUT2D eigenvalue weighted by molar-refractivity contribution is -0.127. The Morgan fingerprint density at radius 1 is 1.21 bits per heavy atom. The number of halogens is 1. The third-order valence-corrected chi connectivity index (χ3v) is 8.16. The van der Waals surface area contributed by atoms with E-state index in [2.05, 4.69) is 15.9 Å². The van der Waals surface area contributed by atoms with Gasteiger partial charge in [0, 0.05) is 23.5 Å². The van der Waals surface area contributed by atoms with Crippen molar-refractivity contribution in [3.05, 3.63) is 81.6 Å². The van der Waals surface area contributed by atoms with Gasteiger partial charge in [-0.25, -0.2) is 4.99 Å². The highest BCUT2D eigenvalue weighted by molar-refractivity contribution is 9.11. The Hall–Kier alpha value is -2.49. The van der Waals surface area contributed by atoms with Gasteiger partial charge in [-0.3, -0.25) is 14.2 Å². The Bertz CT molecular complexity index is 1410. The van der Waals surface area contributed by atoms with Crippen molar-refractivity contribution in [2.75, 3.05) is 20.2 Å². The summed E-state index contributed by atoms with van der Waals surface area (Å²) in [6, 6.07) is 10.8. The second-order valence-electron chi connectivity index (χ2n) is 7.44. The molecule has 2 aromatic heterocycles. The molecule has 3 heterocycles. The number of aromatic nitrogens is 1. The smallest absolute Gasteiger partial charge is 0.271 e. The van der Waals surface area contributed by atoms with Crippen LogP contribution in [0.2, 0.25) is 0 Å². The molecule has 0 saturated heterocycles. The molecule has 4 rings (SSSR count). The van der Waals surface area contributed by atoms with Crippen LogP contribution >= 0.6 is 38.6 Å². The van der Waals surface area contributed by atoms with E-state index < -0.39 is 6.04 Å². The highest BCUT2D eigenvalue weighted by Crippen LogP contribution is 2.36. The van der Waals surface area contributed by atoms with Gasteiger partial charge in [0.1, 0.15) is 11.8 Å². The lowest BCUT2D eigenvalue weighted by Gasteiger charge is -2.29. The summed E-state index contributed by atoms with van der Waals surface area (Å²) < 4.78 is 8.85. The Balaban J connectivity index is 2.00. The molecule has 1 aromatic carbocycles. The van der Waals surface area contributed by atoms with Gasteiger partial charge in [0.15, 0.2) is 4.80 Å². The van der Waals surface area contributed by atoms with E-state index in [0.29, 0.717) is 39.4 Å². The van der Waals surface area contributed by atoms with E-state index in [1.807, 2.05) is 63.2 Å².